The molecule has 2 amide bonds. The van der Waals surface area contributed by atoms with E-state index in [9.17, 15) is 9.59 Å². The van der Waals surface area contributed by atoms with Crippen molar-refractivity contribution < 1.29 is 9.59 Å². The number of nitrogens with one attached hydrogen (secondary N) is 1. The van der Waals surface area contributed by atoms with Crippen molar-refractivity contribution in [1.29, 1.82) is 0 Å². The molecule has 86 valence electrons. The predicted molar refractivity (Wildman–Crippen MR) is 64.9 cm³/mol. The fourth-order valence-corrected chi connectivity index (χ4v) is 1.24. The molecule has 4 nitrogen and oxygen atoms in total. The van der Waals surface area contributed by atoms with Gasteiger partial charge in [-0.3, -0.25) is 9.59 Å². The average Bonchev–Trinajstić information content (AvgIpc) is 2.28. The molecule has 0 aliphatic heterocycles. The van der Waals surface area contributed by atoms with Crippen molar-refractivity contribution in [3.05, 3.63) is 24.3 Å². The molecule has 0 aliphatic rings. The van der Waals surface area contributed by atoms with Gasteiger partial charge in [0.15, 0.2) is 0 Å². The second-order valence-electron chi connectivity index (χ2n) is 3.31. The Hall–Kier alpha value is -1.55. The molecule has 0 unspecified atom stereocenters. The molecule has 16 heavy (non-hydrogen) atoms. The van der Waals surface area contributed by atoms with Crippen LogP contribution in [-0.2, 0) is 9.59 Å². The van der Waals surface area contributed by atoms with Crippen LogP contribution >= 0.6 is 11.6 Å². The highest BCUT2D eigenvalue weighted by Gasteiger charge is 2.06. The second-order valence-corrected chi connectivity index (χ2v) is 3.58. The zero-order valence-corrected chi connectivity index (χ0v) is 9.91. The van der Waals surface area contributed by atoms with E-state index in [0.717, 1.165) is 5.69 Å². The topological polar surface area (TPSA) is 49.4 Å². The molecular weight excluding hydrogens is 228 g/mol. The summed E-state index contributed by atoms with van der Waals surface area (Å²) in [4.78, 5) is 23.7. The Morgan fingerprint density at radius 2 is 2.12 bits per heavy atom. The Labute approximate surface area is 99.2 Å². The van der Waals surface area contributed by atoms with Gasteiger partial charge in [0.05, 0.1) is 0 Å². The van der Waals surface area contributed by atoms with Gasteiger partial charge in [0, 0.05) is 25.3 Å². The van der Waals surface area contributed by atoms with E-state index < -0.39 is 0 Å². The van der Waals surface area contributed by atoms with Gasteiger partial charge >= 0.3 is 0 Å². The first-order chi connectivity index (χ1) is 7.54. The third-order valence-corrected chi connectivity index (χ3v) is 2.35. The molecule has 0 aliphatic carbocycles. The summed E-state index contributed by atoms with van der Waals surface area (Å²) in [6.07, 6.45) is 0. The molecule has 0 aromatic heterocycles. The molecule has 5 heteroatoms. The SMILES string of the molecule is CC(=O)N(C)c1cccc(NC(=O)CCl)c1. The zero-order chi connectivity index (χ0) is 12.1. The Balaban J connectivity index is 2.86. The molecule has 0 radical (unpaired) electrons. The van der Waals surface area contributed by atoms with Gasteiger partial charge in [0.2, 0.25) is 11.8 Å². The lowest BCUT2D eigenvalue weighted by molar-refractivity contribution is -0.116. The lowest BCUT2D eigenvalue weighted by Crippen LogP contribution is -2.23. The summed E-state index contributed by atoms with van der Waals surface area (Å²) in [5, 5.41) is 2.62. The summed E-state index contributed by atoms with van der Waals surface area (Å²) in [7, 11) is 1.67. The van der Waals surface area contributed by atoms with Crippen LogP contribution in [0.3, 0.4) is 0 Å². The average molecular weight is 241 g/mol. The lowest BCUT2D eigenvalue weighted by Gasteiger charge is -2.15. The Kier molecular flexibility index (Phi) is 4.31. The largest absolute Gasteiger partial charge is 0.325 e. The van der Waals surface area contributed by atoms with Crippen LogP contribution in [0.2, 0.25) is 0 Å². The standard InChI is InChI=1S/C11H13ClN2O2/c1-8(15)14(2)10-5-3-4-9(6-10)13-11(16)7-12/h3-6H,7H2,1-2H3,(H,13,16). The molecule has 1 rings (SSSR count). The fourth-order valence-electron chi connectivity index (χ4n) is 1.17. The van der Waals surface area contributed by atoms with Crippen molar-refractivity contribution in [2.75, 3.05) is 23.1 Å². The van der Waals surface area contributed by atoms with E-state index >= 15 is 0 Å². The second kappa shape index (κ2) is 5.51. The highest BCUT2D eigenvalue weighted by atomic mass is 35.5. The van der Waals surface area contributed by atoms with Gasteiger partial charge < -0.3 is 10.2 Å². The van der Waals surface area contributed by atoms with Crippen LogP contribution in [0.5, 0.6) is 0 Å². The maximum Gasteiger partial charge on any atom is 0.239 e. The molecule has 1 aromatic rings. The molecule has 0 spiro atoms. The highest BCUT2D eigenvalue weighted by Crippen LogP contribution is 2.18. The van der Waals surface area contributed by atoms with Crippen molar-refractivity contribution in [1.82, 2.24) is 0 Å². The Bertz CT molecular complexity index is 407. The number of hydrogen-bond donors (Lipinski definition) is 1. The third-order valence-electron chi connectivity index (χ3n) is 2.11. The first kappa shape index (κ1) is 12.5. The molecular formula is C11H13ClN2O2. The Morgan fingerprint density at radius 3 is 2.69 bits per heavy atom. The molecule has 0 saturated carbocycles. The summed E-state index contributed by atoms with van der Waals surface area (Å²) in [5.41, 5.74) is 1.34. The zero-order valence-electron chi connectivity index (χ0n) is 9.16. The predicted octanol–water partition coefficient (Wildman–Crippen LogP) is 1.85. The normalized spacial score (nSPS) is 9.69. The van der Waals surface area contributed by atoms with Gasteiger partial charge in [-0.15, -0.1) is 11.6 Å². The van der Waals surface area contributed by atoms with E-state index in [1.54, 1.807) is 31.3 Å². The van der Waals surface area contributed by atoms with Crippen LogP contribution < -0.4 is 10.2 Å². The number of halogens is 1. The first-order valence-electron chi connectivity index (χ1n) is 4.74. The molecule has 0 saturated heterocycles. The number of alkyl halides is 1. The summed E-state index contributed by atoms with van der Waals surface area (Å²) >= 11 is 5.38. The van der Waals surface area contributed by atoms with Gasteiger partial charge in [0.25, 0.3) is 0 Å². The monoisotopic (exact) mass is 240 g/mol. The highest BCUT2D eigenvalue weighted by molar-refractivity contribution is 6.29. The molecule has 0 fully saturated rings. The quantitative estimate of drug-likeness (QED) is 0.820. The number of benzene rings is 1. The number of hydrogen-bond acceptors (Lipinski definition) is 2. The minimum Gasteiger partial charge on any atom is -0.325 e. The minimum absolute atomic E-state index is 0.0687. The molecule has 1 N–H and O–H groups in total. The van der Waals surface area contributed by atoms with Gasteiger partial charge in [0.1, 0.15) is 5.88 Å². The fraction of sp³-hybridized carbons (Fsp3) is 0.273. The van der Waals surface area contributed by atoms with Gasteiger partial charge in [-0.05, 0) is 18.2 Å². The van der Waals surface area contributed by atoms with E-state index in [0.29, 0.717) is 5.69 Å². The van der Waals surface area contributed by atoms with Crippen LogP contribution in [-0.4, -0.2) is 24.7 Å². The van der Waals surface area contributed by atoms with Crippen LogP contribution in [0.1, 0.15) is 6.92 Å². The molecule has 1 aromatic carbocycles. The van der Waals surface area contributed by atoms with Gasteiger partial charge in [-0.2, -0.15) is 0 Å². The molecule has 0 atom stereocenters. The maximum atomic E-state index is 11.2. The van der Waals surface area contributed by atoms with Crippen LogP contribution in [0.25, 0.3) is 0 Å². The summed E-state index contributed by atoms with van der Waals surface area (Å²) < 4.78 is 0. The summed E-state index contributed by atoms with van der Waals surface area (Å²) in [6, 6.07) is 7.00. The third kappa shape index (κ3) is 3.24. The number of anilines is 2. The summed E-state index contributed by atoms with van der Waals surface area (Å²) in [5.74, 6) is -0.433. The van der Waals surface area contributed by atoms with Crippen molar-refractivity contribution >= 4 is 34.8 Å². The Morgan fingerprint density at radius 1 is 1.44 bits per heavy atom. The lowest BCUT2D eigenvalue weighted by atomic mass is 10.2. The number of carbonyl (C=O) groups excluding carboxylic acids is 2. The number of carbonyl (C=O) groups is 2. The summed E-state index contributed by atoms with van der Waals surface area (Å²) in [6.45, 7) is 1.48. The maximum absolute atomic E-state index is 11.2. The van der Waals surface area contributed by atoms with E-state index in [2.05, 4.69) is 5.32 Å². The number of rotatable bonds is 3. The van der Waals surface area contributed by atoms with Crippen LogP contribution in [0.15, 0.2) is 24.3 Å². The van der Waals surface area contributed by atoms with E-state index in [4.69, 9.17) is 11.6 Å². The van der Waals surface area contributed by atoms with E-state index in [-0.39, 0.29) is 17.7 Å². The van der Waals surface area contributed by atoms with Gasteiger partial charge in [-0.25, -0.2) is 0 Å². The van der Waals surface area contributed by atoms with Crippen molar-refractivity contribution in [3.63, 3.8) is 0 Å². The van der Waals surface area contributed by atoms with Crippen molar-refractivity contribution in [2.45, 2.75) is 6.92 Å². The van der Waals surface area contributed by atoms with Crippen molar-refractivity contribution in [2.24, 2.45) is 0 Å². The molecule has 0 bridgehead atoms. The van der Waals surface area contributed by atoms with Crippen LogP contribution in [0, 0.1) is 0 Å². The van der Waals surface area contributed by atoms with Crippen molar-refractivity contribution in [3.8, 4) is 0 Å². The smallest absolute Gasteiger partial charge is 0.239 e. The van der Waals surface area contributed by atoms with E-state index in [1.165, 1.54) is 11.8 Å². The first-order valence-corrected chi connectivity index (χ1v) is 5.28. The molecule has 0 heterocycles. The minimum atomic E-state index is -0.274. The van der Waals surface area contributed by atoms with Gasteiger partial charge in [-0.1, -0.05) is 6.07 Å². The van der Waals surface area contributed by atoms with E-state index in [1.807, 2.05) is 0 Å². The number of amides is 2. The number of nitrogens with zero attached hydrogens (tertiary/aromatic N) is 1. The van der Waals surface area contributed by atoms with Crippen LogP contribution in [0.4, 0.5) is 11.4 Å².